The second-order valence-corrected chi connectivity index (χ2v) is 6.09. The van der Waals surface area contributed by atoms with Gasteiger partial charge in [0.25, 0.3) is 0 Å². The third-order valence-corrected chi connectivity index (χ3v) is 3.81. The average Bonchev–Trinajstić information content (AvgIpc) is 2.42. The van der Waals surface area contributed by atoms with Crippen LogP contribution in [0.3, 0.4) is 0 Å². The van der Waals surface area contributed by atoms with Crippen molar-refractivity contribution in [1.82, 2.24) is 10.6 Å². The summed E-state index contributed by atoms with van der Waals surface area (Å²) < 4.78 is 0. The van der Waals surface area contributed by atoms with E-state index in [4.69, 9.17) is 0 Å². The predicted octanol–water partition coefficient (Wildman–Crippen LogP) is 3.76. The largest absolute Gasteiger partial charge is 0.337 e. The molecule has 0 atom stereocenters. The lowest BCUT2D eigenvalue weighted by Crippen LogP contribution is -2.45. The van der Waals surface area contributed by atoms with Crippen molar-refractivity contribution in [3.05, 3.63) is 35.4 Å². The van der Waals surface area contributed by atoms with Crippen LogP contribution >= 0.6 is 0 Å². The lowest BCUT2D eigenvalue weighted by atomic mass is 9.84. The van der Waals surface area contributed by atoms with Crippen LogP contribution in [0.4, 0.5) is 4.79 Å². The Kier molecular flexibility index (Phi) is 6.05. The van der Waals surface area contributed by atoms with Gasteiger partial charge in [0, 0.05) is 18.0 Å². The normalized spacial score (nSPS) is 11.5. The number of hydrogen-bond acceptors (Lipinski definition) is 1. The van der Waals surface area contributed by atoms with E-state index in [2.05, 4.69) is 69.5 Å². The van der Waals surface area contributed by atoms with Gasteiger partial charge < -0.3 is 10.6 Å². The fourth-order valence-corrected chi connectivity index (χ4v) is 2.20. The van der Waals surface area contributed by atoms with Crippen LogP contribution in [0.15, 0.2) is 24.3 Å². The number of rotatable bonds is 6. The average molecular weight is 276 g/mol. The molecule has 3 nitrogen and oxygen atoms in total. The van der Waals surface area contributed by atoms with Crippen molar-refractivity contribution < 1.29 is 4.79 Å². The number of nitrogens with one attached hydrogen (secondary N) is 2. The third-order valence-electron chi connectivity index (χ3n) is 3.81. The van der Waals surface area contributed by atoms with Gasteiger partial charge in [-0.3, -0.25) is 0 Å². The van der Waals surface area contributed by atoms with Gasteiger partial charge in [0.2, 0.25) is 0 Å². The molecule has 3 heteroatoms. The molecule has 1 aromatic rings. The summed E-state index contributed by atoms with van der Waals surface area (Å²) in [5, 5.41) is 5.99. The quantitative estimate of drug-likeness (QED) is 0.816. The number of urea groups is 1. The molecule has 1 aromatic carbocycles. The van der Waals surface area contributed by atoms with Gasteiger partial charge in [0.05, 0.1) is 0 Å². The molecule has 0 heterocycles. The van der Waals surface area contributed by atoms with Crippen LogP contribution in [0.5, 0.6) is 0 Å². The fourth-order valence-electron chi connectivity index (χ4n) is 2.20. The minimum absolute atomic E-state index is 0.0700. The molecular weight excluding hydrogens is 248 g/mol. The maximum Gasteiger partial charge on any atom is 0.315 e. The number of carbonyl (C=O) groups is 1. The molecule has 2 amide bonds. The summed E-state index contributed by atoms with van der Waals surface area (Å²) in [6.07, 6.45) is 1.93. The Labute approximate surface area is 123 Å². The highest BCUT2D eigenvalue weighted by Gasteiger charge is 2.21. The van der Waals surface area contributed by atoms with Crippen molar-refractivity contribution in [2.75, 3.05) is 6.54 Å². The smallest absolute Gasteiger partial charge is 0.315 e. The Morgan fingerprint density at radius 3 is 2.45 bits per heavy atom. The minimum Gasteiger partial charge on any atom is -0.337 e. The maximum absolute atomic E-state index is 11.9. The van der Waals surface area contributed by atoms with Crippen molar-refractivity contribution in [1.29, 1.82) is 0 Å². The topological polar surface area (TPSA) is 41.1 Å². The molecule has 1 rings (SSSR count). The number of hydrogen-bond donors (Lipinski definition) is 2. The summed E-state index contributed by atoms with van der Waals surface area (Å²) >= 11 is 0. The zero-order chi connectivity index (χ0) is 15.2. The van der Waals surface area contributed by atoms with E-state index in [0.717, 1.165) is 12.8 Å². The molecule has 2 N–H and O–H groups in total. The molecule has 0 saturated heterocycles. The third kappa shape index (κ3) is 4.87. The van der Waals surface area contributed by atoms with Crippen LogP contribution in [-0.4, -0.2) is 18.6 Å². The Morgan fingerprint density at radius 2 is 1.90 bits per heavy atom. The number of aryl methyl sites for hydroxylation is 1. The van der Waals surface area contributed by atoms with E-state index in [1.54, 1.807) is 0 Å². The first-order valence-electron chi connectivity index (χ1n) is 7.50. The maximum atomic E-state index is 11.9. The molecule has 112 valence electrons. The summed E-state index contributed by atoms with van der Waals surface area (Å²) in [6.45, 7) is 11.2. The molecule has 0 fully saturated rings. The van der Waals surface area contributed by atoms with Crippen molar-refractivity contribution in [2.45, 2.75) is 58.9 Å². The summed E-state index contributed by atoms with van der Waals surface area (Å²) in [7, 11) is 0. The SMILES string of the molecule is CCC(CC)NC(=O)NCC(C)(C)c1cccc(C)c1. The van der Waals surface area contributed by atoms with E-state index in [9.17, 15) is 4.79 Å². The molecule has 0 aromatic heterocycles. The van der Waals surface area contributed by atoms with Crippen molar-refractivity contribution in [3.63, 3.8) is 0 Å². The van der Waals surface area contributed by atoms with Crippen molar-refractivity contribution in [3.8, 4) is 0 Å². The van der Waals surface area contributed by atoms with Gasteiger partial charge >= 0.3 is 6.03 Å². The summed E-state index contributed by atoms with van der Waals surface area (Å²) in [5.74, 6) is 0. The van der Waals surface area contributed by atoms with Gasteiger partial charge in [-0.1, -0.05) is 57.5 Å². The lowest BCUT2D eigenvalue weighted by molar-refractivity contribution is 0.233. The van der Waals surface area contributed by atoms with Gasteiger partial charge in [-0.25, -0.2) is 4.79 Å². The monoisotopic (exact) mass is 276 g/mol. The van der Waals surface area contributed by atoms with Gasteiger partial charge in [-0.05, 0) is 25.3 Å². The Bertz CT molecular complexity index is 436. The van der Waals surface area contributed by atoms with E-state index in [0.29, 0.717) is 6.54 Å². The molecule has 0 bridgehead atoms. The molecule has 0 aliphatic heterocycles. The van der Waals surface area contributed by atoms with E-state index in [-0.39, 0.29) is 17.5 Å². The van der Waals surface area contributed by atoms with Crippen LogP contribution in [0.2, 0.25) is 0 Å². The molecule has 0 saturated carbocycles. The summed E-state index contributed by atoms with van der Waals surface area (Å²) in [6, 6.07) is 8.65. The lowest BCUT2D eigenvalue weighted by Gasteiger charge is -2.26. The highest BCUT2D eigenvalue weighted by atomic mass is 16.2. The van der Waals surface area contributed by atoms with E-state index in [1.165, 1.54) is 11.1 Å². The Hall–Kier alpha value is -1.51. The second kappa shape index (κ2) is 7.32. The van der Waals surface area contributed by atoms with E-state index in [1.807, 2.05) is 0 Å². The van der Waals surface area contributed by atoms with E-state index < -0.39 is 0 Å². The summed E-state index contributed by atoms with van der Waals surface area (Å²) in [5.41, 5.74) is 2.43. The van der Waals surface area contributed by atoms with Gasteiger partial charge in [0.1, 0.15) is 0 Å². The standard InChI is InChI=1S/C17H28N2O/c1-6-15(7-2)19-16(20)18-12-17(4,5)14-10-8-9-13(3)11-14/h8-11,15H,6-7,12H2,1-5H3,(H2,18,19,20). The predicted molar refractivity (Wildman–Crippen MR) is 85.1 cm³/mol. The molecule has 0 aliphatic rings. The zero-order valence-corrected chi connectivity index (χ0v) is 13.4. The molecular formula is C17H28N2O. The molecule has 0 aliphatic carbocycles. The van der Waals surface area contributed by atoms with Crippen LogP contribution in [-0.2, 0) is 5.41 Å². The first kappa shape index (κ1) is 16.5. The van der Waals surface area contributed by atoms with E-state index >= 15 is 0 Å². The molecule has 0 unspecified atom stereocenters. The molecule has 20 heavy (non-hydrogen) atoms. The molecule has 0 spiro atoms. The van der Waals surface area contributed by atoms with Crippen molar-refractivity contribution in [2.24, 2.45) is 0 Å². The first-order chi connectivity index (χ1) is 9.39. The second-order valence-electron chi connectivity index (χ2n) is 6.09. The zero-order valence-electron chi connectivity index (χ0n) is 13.4. The summed E-state index contributed by atoms with van der Waals surface area (Å²) in [4.78, 5) is 11.9. The molecule has 0 radical (unpaired) electrons. The first-order valence-corrected chi connectivity index (χ1v) is 7.50. The number of amides is 2. The minimum atomic E-state index is -0.0721. The highest BCUT2D eigenvalue weighted by molar-refractivity contribution is 5.74. The highest BCUT2D eigenvalue weighted by Crippen LogP contribution is 2.22. The van der Waals surface area contributed by atoms with Crippen molar-refractivity contribution >= 4 is 6.03 Å². The fraction of sp³-hybridized carbons (Fsp3) is 0.588. The number of benzene rings is 1. The number of carbonyl (C=O) groups excluding carboxylic acids is 1. The van der Waals surface area contributed by atoms with Gasteiger partial charge in [0.15, 0.2) is 0 Å². The Morgan fingerprint density at radius 1 is 1.25 bits per heavy atom. The van der Waals surface area contributed by atoms with Gasteiger partial charge in [-0.15, -0.1) is 0 Å². The van der Waals surface area contributed by atoms with Gasteiger partial charge in [-0.2, -0.15) is 0 Å². The van der Waals surface area contributed by atoms with Crippen LogP contribution in [0, 0.1) is 6.92 Å². The van der Waals surface area contributed by atoms with Crippen LogP contribution in [0.25, 0.3) is 0 Å². The van der Waals surface area contributed by atoms with Crippen LogP contribution < -0.4 is 10.6 Å². The van der Waals surface area contributed by atoms with Crippen LogP contribution in [0.1, 0.15) is 51.7 Å². The Balaban J connectivity index is 2.57.